The third-order valence-corrected chi connectivity index (χ3v) is 3.41. The predicted octanol–water partition coefficient (Wildman–Crippen LogP) is 0.565. The number of rotatable bonds is 5. The van der Waals surface area contributed by atoms with Crippen LogP contribution in [0.1, 0.15) is 12.5 Å². The van der Waals surface area contributed by atoms with Crippen LogP contribution in [0.15, 0.2) is 30.9 Å². The number of benzene rings is 1. The number of amides is 1. The Bertz CT molecular complexity index is 648. The molecule has 2 aromatic rings. The van der Waals surface area contributed by atoms with Gasteiger partial charge in [-0.15, -0.1) is 0 Å². The fourth-order valence-electron chi connectivity index (χ4n) is 2.08. The van der Waals surface area contributed by atoms with Crippen LogP contribution in [-0.2, 0) is 16.9 Å². The topological polar surface area (TPSA) is 94.0 Å². The van der Waals surface area contributed by atoms with Gasteiger partial charge in [-0.25, -0.2) is 18.4 Å². The maximum absolute atomic E-state index is 14.0. The SMILES string of the molecule is CC(C(N)=O)[C@](O)(Cn1cncn1)c1cc(F)ccc1F. The lowest BCUT2D eigenvalue weighted by Gasteiger charge is -2.33. The number of hydrogen-bond donors (Lipinski definition) is 2. The largest absolute Gasteiger partial charge is 0.382 e. The summed E-state index contributed by atoms with van der Waals surface area (Å²) in [5.74, 6) is -3.59. The van der Waals surface area contributed by atoms with Gasteiger partial charge in [0.2, 0.25) is 5.91 Å². The smallest absolute Gasteiger partial charge is 0.223 e. The summed E-state index contributed by atoms with van der Waals surface area (Å²) in [5.41, 5.74) is 2.81. The third-order valence-electron chi connectivity index (χ3n) is 3.41. The van der Waals surface area contributed by atoms with Crippen molar-refractivity contribution in [1.29, 1.82) is 0 Å². The van der Waals surface area contributed by atoms with Gasteiger partial charge in [0.15, 0.2) is 0 Å². The Morgan fingerprint density at radius 1 is 1.52 bits per heavy atom. The van der Waals surface area contributed by atoms with Gasteiger partial charge in [-0.05, 0) is 18.2 Å². The molecule has 1 amide bonds. The number of nitrogens with two attached hydrogens (primary N) is 1. The molecule has 0 radical (unpaired) electrons. The Hall–Kier alpha value is -2.35. The van der Waals surface area contributed by atoms with Crippen molar-refractivity contribution >= 4 is 5.91 Å². The summed E-state index contributed by atoms with van der Waals surface area (Å²) < 4.78 is 28.6. The molecule has 2 atom stereocenters. The molecule has 3 N–H and O–H groups in total. The van der Waals surface area contributed by atoms with Crippen LogP contribution in [0.3, 0.4) is 0 Å². The lowest BCUT2D eigenvalue weighted by Crippen LogP contribution is -2.45. The minimum Gasteiger partial charge on any atom is -0.382 e. The minimum atomic E-state index is -2.05. The first kappa shape index (κ1) is 15.0. The summed E-state index contributed by atoms with van der Waals surface area (Å²) in [6.07, 6.45) is 2.51. The van der Waals surface area contributed by atoms with Crippen LogP contribution >= 0.6 is 0 Å². The first-order chi connectivity index (χ1) is 9.84. The molecule has 8 heteroatoms. The lowest BCUT2D eigenvalue weighted by atomic mass is 9.81. The van der Waals surface area contributed by atoms with E-state index in [2.05, 4.69) is 10.1 Å². The predicted molar refractivity (Wildman–Crippen MR) is 68.6 cm³/mol. The molecular weight excluding hydrogens is 282 g/mol. The molecule has 2 rings (SSSR count). The first-order valence-corrected chi connectivity index (χ1v) is 6.14. The molecule has 0 aliphatic rings. The average Bonchev–Trinajstić information content (AvgIpc) is 2.93. The van der Waals surface area contributed by atoms with Crippen molar-refractivity contribution in [2.24, 2.45) is 11.7 Å². The summed E-state index contributed by atoms with van der Waals surface area (Å²) in [6.45, 7) is 1.04. The van der Waals surface area contributed by atoms with Gasteiger partial charge in [-0.1, -0.05) is 6.92 Å². The van der Waals surface area contributed by atoms with Crippen molar-refractivity contribution in [2.45, 2.75) is 19.1 Å². The fourth-order valence-corrected chi connectivity index (χ4v) is 2.08. The number of aliphatic hydroxyl groups is 1. The highest BCUT2D eigenvalue weighted by Gasteiger charge is 2.42. The zero-order valence-electron chi connectivity index (χ0n) is 11.2. The molecule has 0 fully saturated rings. The van der Waals surface area contributed by atoms with Crippen LogP contribution < -0.4 is 5.73 Å². The molecule has 6 nitrogen and oxygen atoms in total. The van der Waals surface area contributed by atoms with Crippen LogP contribution in [0, 0.1) is 17.6 Å². The van der Waals surface area contributed by atoms with Crippen LogP contribution in [0.2, 0.25) is 0 Å². The maximum atomic E-state index is 14.0. The Morgan fingerprint density at radius 2 is 2.24 bits per heavy atom. The molecular formula is C13H14F2N4O2. The second-order valence-corrected chi connectivity index (χ2v) is 4.77. The van der Waals surface area contributed by atoms with E-state index in [9.17, 15) is 18.7 Å². The van der Waals surface area contributed by atoms with E-state index in [0.29, 0.717) is 0 Å². The van der Waals surface area contributed by atoms with E-state index in [-0.39, 0.29) is 12.1 Å². The zero-order valence-corrected chi connectivity index (χ0v) is 11.2. The van der Waals surface area contributed by atoms with Crippen molar-refractivity contribution in [2.75, 3.05) is 0 Å². The van der Waals surface area contributed by atoms with Gasteiger partial charge in [0.25, 0.3) is 0 Å². The van der Waals surface area contributed by atoms with Gasteiger partial charge in [0.1, 0.15) is 29.9 Å². The maximum Gasteiger partial charge on any atom is 0.223 e. The third kappa shape index (κ3) is 2.89. The molecule has 0 aliphatic heterocycles. The van der Waals surface area contributed by atoms with Gasteiger partial charge in [-0.3, -0.25) is 4.79 Å². The molecule has 0 saturated carbocycles. The number of hydrogen-bond acceptors (Lipinski definition) is 4. The van der Waals surface area contributed by atoms with Gasteiger partial charge in [-0.2, -0.15) is 5.10 Å². The second-order valence-electron chi connectivity index (χ2n) is 4.77. The molecule has 21 heavy (non-hydrogen) atoms. The monoisotopic (exact) mass is 296 g/mol. The van der Waals surface area contributed by atoms with Crippen LogP contribution in [0.5, 0.6) is 0 Å². The molecule has 0 aliphatic carbocycles. The molecule has 1 aromatic heterocycles. The number of halogens is 2. The quantitative estimate of drug-likeness (QED) is 0.843. The molecule has 1 aromatic carbocycles. The molecule has 1 heterocycles. The Balaban J connectivity index is 2.54. The van der Waals surface area contributed by atoms with Gasteiger partial charge < -0.3 is 10.8 Å². The number of carbonyl (C=O) groups is 1. The van der Waals surface area contributed by atoms with Gasteiger partial charge in [0.05, 0.1) is 12.5 Å². The highest BCUT2D eigenvalue weighted by Crippen LogP contribution is 2.33. The van der Waals surface area contributed by atoms with Gasteiger partial charge in [0, 0.05) is 5.56 Å². The van der Waals surface area contributed by atoms with Crippen molar-refractivity contribution < 1.29 is 18.7 Å². The van der Waals surface area contributed by atoms with Crippen LogP contribution in [-0.4, -0.2) is 25.8 Å². The number of aromatic nitrogens is 3. The summed E-state index contributed by atoms with van der Waals surface area (Å²) >= 11 is 0. The van der Waals surface area contributed by atoms with E-state index >= 15 is 0 Å². The molecule has 0 bridgehead atoms. The van der Waals surface area contributed by atoms with Crippen molar-refractivity contribution in [3.05, 3.63) is 48.1 Å². The normalized spacial score (nSPS) is 15.4. The molecule has 112 valence electrons. The highest BCUT2D eigenvalue weighted by molar-refractivity contribution is 5.77. The Labute approximate surface area is 119 Å². The fraction of sp³-hybridized carbons (Fsp3) is 0.308. The minimum absolute atomic E-state index is 0.294. The van der Waals surface area contributed by atoms with E-state index in [0.717, 1.165) is 18.2 Å². The summed E-state index contributed by atoms with van der Waals surface area (Å²) in [5, 5.41) is 14.6. The number of carbonyl (C=O) groups excluding carboxylic acids is 1. The van der Waals surface area contributed by atoms with E-state index in [1.165, 1.54) is 24.3 Å². The van der Waals surface area contributed by atoms with Gasteiger partial charge >= 0.3 is 0 Å². The molecule has 0 spiro atoms. The standard InChI is InChI=1S/C13H14F2N4O2/c1-8(12(16)20)13(21,5-19-7-17-6-18-19)10-4-9(14)2-3-11(10)15/h2-4,6-8,21H,5H2,1H3,(H2,16,20)/t8?,13-/m1/s1. The van der Waals surface area contributed by atoms with Crippen LogP contribution in [0.4, 0.5) is 8.78 Å². The van der Waals surface area contributed by atoms with E-state index in [1.807, 2.05) is 0 Å². The molecule has 0 saturated heterocycles. The number of nitrogens with zero attached hydrogens (tertiary/aromatic N) is 3. The average molecular weight is 296 g/mol. The Kier molecular flexibility index (Phi) is 3.99. The summed E-state index contributed by atoms with van der Waals surface area (Å²) in [6, 6.07) is 2.64. The van der Waals surface area contributed by atoms with E-state index in [1.54, 1.807) is 0 Å². The Morgan fingerprint density at radius 3 is 2.81 bits per heavy atom. The van der Waals surface area contributed by atoms with Crippen molar-refractivity contribution in [1.82, 2.24) is 14.8 Å². The first-order valence-electron chi connectivity index (χ1n) is 6.14. The zero-order chi connectivity index (χ0) is 15.6. The highest BCUT2D eigenvalue weighted by atomic mass is 19.1. The lowest BCUT2D eigenvalue weighted by molar-refractivity contribution is -0.133. The van der Waals surface area contributed by atoms with E-state index < -0.39 is 29.1 Å². The van der Waals surface area contributed by atoms with E-state index in [4.69, 9.17) is 5.73 Å². The van der Waals surface area contributed by atoms with Crippen molar-refractivity contribution in [3.8, 4) is 0 Å². The second kappa shape index (κ2) is 5.57. The summed E-state index contributed by atoms with van der Waals surface area (Å²) in [7, 11) is 0. The number of primary amides is 1. The van der Waals surface area contributed by atoms with Crippen molar-refractivity contribution in [3.63, 3.8) is 0 Å². The van der Waals surface area contributed by atoms with Crippen LogP contribution in [0.25, 0.3) is 0 Å². The summed E-state index contributed by atoms with van der Waals surface area (Å²) in [4.78, 5) is 15.1. The molecule has 1 unspecified atom stereocenters.